The van der Waals surface area contributed by atoms with E-state index in [-0.39, 0.29) is 22.0 Å². The van der Waals surface area contributed by atoms with Gasteiger partial charge < -0.3 is 4.74 Å². The molecule has 0 aromatic heterocycles. The lowest BCUT2D eigenvalue weighted by molar-refractivity contribution is -0.130. The van der Waals surface area contributed by atoms with Gasteiger partial charge in [0, 0.05) is 10.5 Å². The van der Waals surface area contributed by atoms with Gasteiger partial charge in [0.05, 0.1) is 4.90 Å². The average Bonchev–Trinajstić information content (AvgIpc) is 2.58. The van der Waals surface area contributed by atoms with Gasteiger partial charge in [-0.1, -0.05) is 26.7 Å². The van der Waals surface area contributed by atoms with Crippen molar-refractivity contribution in [1.82, 2.24) is 10.2 Å². The molecule has 144 valence electrons. The molecule has 0 bridgehead atoms. The molecule has 0 saturated carbocycles. The number of carbonyl (C=O) groups excluding carboxylic acids is 1. The van der Waals surface area contributed by atoms with E-state index in [1.807, 2.05) is 20.8 Å². The Kier molecular flexibility index (Phi) is 8.43. The quantitative estimate of drug-likeness (QED) is 0.349. The summed E-state index contributed by atoms with van der Waals surface area (Å²) in [7, 11) is -3.94. The van der Waals surface area contributed by atoms with E-state index >= 15 is 0 Å². The van der Waals surface area contributed by atoms with Crippen LogP contribution in [0.5, 0.6) is 5.75 Å². The number of benzene rings is 1. The van der Waals surface area contributed by atoms with Gasteiger partial charge >= 0.3 is 0 Å². The Morgan fingerprint density at radius 2 is 1.92 bits per heavy atom. The fourth-order valence-electron chi connectivity index (χ4n) is 1.74. The Labute approximate surface area is 158 Å². The van der Waals surface area contributed by atoms with Crippen molar-refractivity contribution in [3.05, 3.63) is 24.3 Å². The fourth-order valence-corrected chi connectivity index (χ4v) is 3.94. The molecule has 0 fully saturated rings. The summed E-state index contributed by atoms with van der Waals surface area (Å²) in [5.41, 5.74) is 1.50. The van der Waals surface area contributed by atoms with E-state index in [0.717, 1.165) is 0 Å². The van der Waals surface area contributed by atoms with Crippen LogP contribution in [0.2, 0.25) is 0 Å². The molecule has 9 heteroatoms. The Hall–Kier alpha value is -1.73. The molecule has 0 radical (unpaired) electrons. The van der Waals surface area contributed by atoms with Crippen LogP contribution in [-0.4, -0.2) is 42.7 Å². The zero-order valence-corrected chi connectivity index (χ0v) is 16.8. The van der Waals surface area contributed by atoms with E-state index in [9.17, 15) is 13.2 Å². The van der Waals surface area contributed by atoms with Gasteiger partial charge in [-0.05, 0) is 31.2 Å². The van der Waals surface area contributed by atoms with Crippen molar-refractivity contribution in [1.29, 1.82) is 0 Å². The third-order valence-corrected chi connectivity index (χ3v) is 5.88. The van der Waals surface area contributed by atoms with Gasteiger partial charge in [-0.2, -0.15) is 16.5 Å². The van der Waals surface area contributed by atoms with Gasteiger partial charge in [0.25, 0.3) is 5.91 Å². The molecule has 0 aliphatic rings. The molecule has 0 heterocycles. The smallest absolute Gasteiger partial charge is 0.262 e. The molecular formula is C17H24N2O5S2. The summed E-state index contributed by atoms with van der Waals surface area (Å²) in [5.74, 6) is 5.27. The van der Waals surface area contributed by atoms with Crippen molar-refractivity contribution in [2.75, 3.05) is 12.4 Å². The first-order valence-corrected chi connectivity index (χ1v) is 10.3. The third kappa shape index (κ3) is 7.66. The number of nitrogens with one attached hydrogen (secondary N) is 2. The highest BCUT2D eigenvalue weighted by atomic mass is 32.2. The number of hydrogen-bond acceptors (Lipinski definition) is 6. The van der Waals surface area contributed by atoms with E-state index in [1.165, 1.54) is 41.5 Å². The predicted molar refractivity (Wildman–Crippen MR) is 102 cm³/mol. The minimum absolute atomic E-state index is 0.0112. The summed E-state index contributed by atoms with van der Waals surface area (Å²) in [6.45, 7) is 7.75. The number of ether oxygens (including phenoxy) is 1. The number of sulfonamides is 1. The van der Waals surface area contributed by atoms with Gasteiger partial charge in [0.1, 0.15) is 18.4 Å². The van der Waals surface area contributed by atoms with E-state index in [2.05, 4.69) is 16.6 Å². The molecule has 26 heavy (non-hydrogen) atoms. The second-order valence-corrected chi connectivity index (χ2v) is 9.82. The third-order valence-electron chi connectivity index (χ3n) is 3.03. The maximum Gasteiger partial charge on any atom is 0.262 e. The lowest BCUT2D eigenvalue weighted by atomic mass is 10.3. The molecule has 1 aromatic rings. The van der Waals surface area contributed by atoms with E-state index in [1.54, 1.807) is 6.92 Å². The van der Waals surface area contributed by atoms with Crippen molar-refractivity contribution in [2.45, 2.75) is 43.4 Å². The van der Waals surface area contributed by atoms with Crippen LogP contribution in [0, 0.1) is 11.8 Å². The molecule has 7 nitrogen and oxygen atoms in total. The lowest BCUT2D eigenvalue weighted by Gasteiger charge is -2.22. The highest BCUT2D eigenvalue weighted by molar-refractivity contribution is 8.00. The minimum Gasteiger partial charge on any atom is -0.481 e. The SMILES string of the molecule is CC#CCOc1ccc(S(=O)(=O)NC(CSC(C)(C)C)C(=O)NO)cc1. The number of hydrogen-bond donors (Lipinski definition) is 3. The van der Waals surface area contributed by atoms with Gasteiger partial charge in [-0.25, -0.2) is 13.9 Å². The molecule has 1 amide bonds. The van der Waals surface area contributed by atoms with Crippen LogP contribution < -0.4 is 14.9 Å². The summed E-state index contributed by atoms with van der Waals surface area (Å²) in [6.07, 6.45) is 0. The first kappa shape index (κ1) is 22.3. The Bertz CT molecular complexity index is 759. The van der Waals surface area contributed by atoms with Gasteiger partial charge in [-0.15, -0.1) is 5.92 Å². The van der Waals surface area contributed by atoms with Crippen LogP contribution in [-0.2, 0) is 14.8 Å². The van der Waals surface area contributed by atoms with Crippen LogP contribution in [0.3, 0.4) is 0 Å². The highest BCUT2D eigenvalue weighted by Gasteiger charge is 2.27. The summed E-state index contributed by atoms with van der Waals surface area (Å²) in [5, 5.41) is 8.87. The first-order valence-electron chi connectivity index (χ1n) is 7.82. The number of amides is 1. The van der Waals surface area contributed by atoms with Crippen LogP contribution in [0.25, 0.3) is 0 Å². The topological polar surface area (TPSA) is 105 Å². The summed E-state index contributed by atoms with van der Waals surface area (Å²) in [4.78, 5) is 11.8. The molecule has 1 unspecified atom stereocenters. The number of rotatable bonds is 8. The van der Waals surface area contributed by atoms with E-state index in [0.29, 0.717) is 5.75 Å². The highest BCUT2D eigenvalue weighted by Crippen LogP contribution is 2.24. The normalized spacial score (nSPS) is 12.7. The van der Waals surface area contributed by atoms with Gasteiger partial charge in [0.15, 0.2) is 0 Å². The Morgan fingerprint density at radius 1 is 1.31 bits per heavy atom. The first-order chi connectivity index (χ1) is 12.1. The molecule has 3 N–H and O–H groups in total. The second-order valence-electron chi connectivity index (χ2n) is 6.26. The monoisotopic (exact) mass is 400 g/mol. The van der Waals surface area contributed by atoms with Crippen molar-refractivity contribution in [3.63, 3.8) is 0 Å². The fraction of sp³-hybridized carbons (Fsp3) is 0.471. The van der Waals surface area contributed by atoms with Crippen molar-refractivity contribution >= 4 is 27.7 Å². The summed E-state index contributed by atoms with van der Waals surface area (Å²) < 4.78 is 32.5. The van der Waals surface area contributed by atoms with E-state index in [4.69, 9.17) is 9.94 Å². The zero-order chi connectivity index (χ0) is 19.8. The zero-order valence-electron chi connectivity index (χ0n) is 15.2. The van der Waals surface area contributed by atoms with Crippen molar-refractivity contribution < 1.29 is 23.2 Å². The maximum absolute atomic E-state index is 12.5. The van der Waals surface area contributed by atoms with Gasteiger partial charge in [-0.3, -0.25) is 10.0 Å². The molecule has 0 aliphatic carbocycles. The number of hydroxylamine groups is 1. The van der Waals surface area contributed by atoms with Crippen molar-refractivity contribution in [2.24, 2.45) is 0 Å². The number of carbonyl (C=O) groups is 1. The standard InChI is InChI=1S/C17H24N2O5S2/c1-5-6-11-24-13-7-9-14(10-8-13)26(22,23)19-15(16(20)18-21)12-25-17(2,3)4/h7-10,15,19,21H,11-12H2,1-4H3,(H,18,20). The van der Waals surface area contributed by atoms with Crippen molar-refractivity contribution in [3.8, 4) is 17.6 Å². The largest absolute Gasteiger partial charge is 0.481 e. The maximum atomic E-state index is 12.5. The molecule has 1 rings (SSSR count). The number of thioether (sulfide) groups is 1. The van der Waals surface area contributed by atoms with Crippen LogP contribution in [0.4, 0.5) is 0 Å². The molecule has 1 aromatic carbocycles. The van der Waals surface area contributed by atoms with E-state index < -0.39 is 22.0 Å². The second kappa shape index (κ2) is 9.83. The van der Waals surface area contributed by atoms with Gasteiger partial charge in [0.2, 0.25) is 10.0 Å². The Morgan fingerprint density at radius 3 is 2.42 bits per heavy atom. The minimum atomic E-state index is -3.94. The summed E-state index contributed by atoms with van der Waals surface area (Å²) >= 11 is 1.40. The molecule has 0 saturated heterocycles. The molecule has 0 spiro atoms. The molecule has 0 aliphatic heterocycles. The predicted octanol–water partition coefficient (Wildman–Crippen LogP) is 1.77. The van der Waals surface area contributed by atoms with Crippen LogP contribution >= 0.6 is 11.8 Å². The van der Waals surface area contributed by atoms with Crippen LogP contribution in [0.15, 0.2) is 29.2 Å². The molecular weight excluding hydrogens is 376 g/mol. The molecule has 1 atom stereocenters. The van der Waals surface area contributed by atoms with Crippen LogP contribution in [0.1, 0.15) is 27.7 Å². The summed E-state index contributed by atoms with van der Waals surface area (Å²) in [6, 6.07) is 4.67. The average molecular weight is 401 g/mol. The lowest BCUT2D eigenvalue weighted by Crippen LogP contribution is -2.47. The Balaban J connectivity index is 2.88.